The van der Waals surface area contributed by atoms with Gasteiger partial charge in [0.1, 0.15) is 0 Å². The Bertz CT molecular complexity index is 1510. The second-order valence-electron chi connectivity index (χ2n) is 11.0. The smallest absolute Gasteiger partial charge is 0.372 e. The number of hydrogen-bond donors (Lipinski definition) is 0. The lowest BCUT2D eigenvalue weighted by Gasteiger charge is -2.38. The molecule has 1 heterocycles. The average molecular weight is 539 g/mol. The minimum atomic E-state index is -4.58. The van der Waals surface area contributed by atoms with Gasteiger partial charge >= 0.3 is 6.18 Å². The first kappa shape index (κ1) is 27.5. The summed E-state index contributed by atoms with van der Waals surface area (Å²) in [4.78, 5) is 2.37. The first-order valence-corrected chi connectivity index (χ1v) is 13.8. The van der Waals surface area contributed by atoms with Gasteiger partial charge in [-0.05, 0) is 91.5 Å². The first-order chi connectivity index (χ1) is 19.2. The van der Waals surface area contributed by atoms with Gasteiger partial charge in [-0.15, -0.1) is 0 Å². The van der Waals surface area contributed by atoms with Crippen molar-refractivity contribution in [1.29, 1.82) is 5.26 Å². The minimum absolute atomic E-state index is 0.0956. The molecule has 1 saturated heterocycles. The third-order valence-corrected chi connectivity index (χ3v) is 8.14. The van der Waals surface area contributed by atoms with Gasteiger partial charge in [-0.3, -0.25) is 0 Å². The van der Waals surface area contributed by atoms with E-state index in [0.717, 1.165) is 42.6 Å². The van der Waals surface area contributed by atoms with Crippen molar-refractivity contribution in [1.82, 2.24) is 0 Å². The van der Waals surface area contributed by atoms with Crippen LogP contribution in [0, 0.1) is 31.1 Å². The first-order valence-electron chi connectivity index (χ1n) is 13.8. The van der Waals surface area contributed by atoms with Gasteiger partial charge in [-0.2, -0.15) is 18.4 Å². The molecule has 0 N–H and O–H groups in total. The molecule has 0 spiro atoms. The highest BCUT2D eigenvalue weighted by Crippen LogP contribution is 2.40. The predicted molar refractivity (Wildman–Crippen MR) is 155 cm³/mol. The van der Waals surface area contributed by atoms with Gasteiger partial charge in [0.25, 0.3) is 0 Å². The van der Waals surface area contributed by atoms with E-state index in [0.29, 0.717) is 12.0 Å². The van der Waals surface area contributed by atoms with Crippen molar-refractivity contribution < 1.29 is 13.2 Å². The normalized spacial score (nSPS) is 15.1. The van der Waals surface area contributed by atoms with E-state index in [2.05, 4.69) is 79.4 Å². The number of halogens is 3. The van der Waals surface area contributed by atoms with Crippen molar-refractivity contribution in [3.05, 3.63) is 124 Å². The summed E-state index contributed by atoms with van der Waals surface area (Å²) in [5.74, 6) is 0.125. The van der Waals surface area contributed by atoms with Gasteiger partial charge < -0.3 is 4.90 Å². The van der Waals surface area contributed by atoms with Crippen molar-refractivity contribution in [3.63, 3.8) is 0 Å². The fourth-order valence-electron chi connectivity index (χ4n) is 5.95. The van der Waals surface area contributed by atoms with Crippen LogP contribution < -0.4 is 4.90 Å². The van der Waals surface area contributed by atoms with Crippen LogP contribution in [0.15, 0.2) is 91.0 Å². The fourth-order valence-corrected chi connectivity index (χ4v) is 5.95. The van der Waals surface area contributed by atoms with E-state index in [-0.39, 0.29) is 17.4 Å². The van der Waals surface area contributed by atoms with E-state index in [1.54, 1.807) is 12.1 Å². The summed E-state index contributed by atoms with van der Waals surface area (Å²) in [7, 11) is 0. The molecule has 1 atom stereocenters. The molecule has 1 aliphatic heterocycles. The van der Waals surface area contributed by atoms with Crippen LogP contribution >= 0.6 is 0 Å². The summed E-state index contributed by atoms with van der Waals surface area (Å²) in [5.41, 5.74) is 6.39. The third-order valence-electron chi connectivity index (χ3n) is 8.14. The molecule has 5 rings (SSSR count). The van der Waals surface area contributed by atoms with E-state index in [9.17, 15) is 18.4 Å². The topological polar surface area (TPSA) is 27.0 Å². The van der Waals surface area contributed by atoms with Crippen LogP contribution in [0.25, 0.3) is 11.1 Å². The molecule has 4 aromatic carbocycles. The van der Waals surface area contributed by atoms with Crippen LogP contribution in [0.4, 0.5) is 18.9 Å². The highest BCUT2D eigenvalue weighted by Gasteiger charge is 2.36. The molecule has 0 aliphatic carbocycles. The molecule has 40 heavy (non-hydrogen) atoms. The third kappa shape index (κ3) is 6.23. The molecule has 5 heteroatoms. The van der Waals surface area contributed by atoms with E-state index >= 15 is 0 Å². The van der Waals surface area contributed by atoms with Crippen molar-refractivity contribution in [2.24, 2.45) is 5.92 Å². The number of anilines is 1. The fraction of sp³-hybridized carbons (Fsp3) is 0.286. The van der Waals surface area contributed by atoms with Crippen LogP contribution in [-0.4, -0.2) is 13.1 Å². The molecule has 0 saturated carbocycles. The number of piperidine rings is 1. The zero-order chi connectivity index (χ0) is 28.3. The maximum atomic E-state index is 13.9. The zero-order valence-electron chi connectivity index (χ0n) is 22.9. The summed E-state index contributed by atoms with van der Waals surface area (Å²) in [6.07, 6.45) is -2.17. The summed E-state index contributed by atoms with van der Waals surface area (Å²) in [6.45, 7) is 5.85. The number of rotatable bonds is 6. The number of hydrogen-bond acceptors (Lipinski definition) is 2. The monoisotopic (exact) mass is 538 g/mol. The van der Waals surface area contributed by atoms with Gasteiger partial charge in [-0.1, -0.05) is 77.9 Å². The van der Waals surface area contributed by atoms with E-state index < -0.39 is 11.7 Å². The van der Waals surface area contributed by atoms with Crippen LogP contribution in [0.3, 0.4) is 0 Å². The number of alkyl halides is 3. The van der Waals surface area contributed by atoms with Gasteiger partial charge in [0.15, 0.2) is 0 Å². The highest BCUT2D eigenvalue weighted by molar-refractivity contribution is 5.65. The second-order valence-corrected chi connectivity index (χ2v) is 11.0. The number of nitrogens with zero attached hydrogens (tertiary/aromatic N) is 2. The standard InChI is InChI=1S/C35H33F3N2/c1-24-9-13-32(14-10-24)40-17-15-27(16-18-40)33(30-11-12-31(23-39)34(22-30)35(36,37)38)21-26-6-4-8-29(20-26)28-7-3-5-25(2)19-28/h3-14,19-20,22,27,33H,15-18,21H2,1-2H3. The van der Waals surface area contributed by atoms with Crippen molar-refractivity contribution in [3.8, 4) is 17.2 Å². The van der Waals surface area contributed by atoms with Crippen molar-refractivity contribution in [2.75, 3.05) is 18.0 Å². The summed E-state index contributed by atoms with van der Waals surface area (Å²) < 4.78 is 41.8. The molecule has 0 radical (unpaired) electrons. The van der Waals surface area contributed by atoms with E-state index in [1.807, 2.05) is 12.1 Å². The molecular formula is C35H33F3N2. The molecule has 1 aliphatic rings. The van der Waals surface area contributed by atoms with E-state index in [1.165, 1.54) is 28.9 Å². The Morgan fingerprint density at radius 1 is 0.825 bits per heavy atom. The Morgan fingerprint density at radius 2 is 1.50 bits per heavy atom. The van der Waals surface area contributed by atoms with E-state index in [4.69, 9.17) is 0 Å². The quantitative estimate of drug-likeness (QED) is 0.245. The Hall–Kier alpha value is -4.04. The van der Waals surface area contributed by atoms with Gasteiger partial charge in [0.2, 0.25) is 0 Å². The number of nitriles is 1. The summed E-state index contributed by atoms with van der Waals surface area (Å²) in [6, 6.07) is 31.2. The molecule has 1 fully saturated rings. The van der Waals surface area contributed by atoms with Crippen molar-refractivity contribution in [2.45, 2.75) is 45.2 Å². The summed E-state index contributed by atoms with van der Waals surface area (Å²) >= 11 is 0. The zero-order valence-corrected chi connectivity index (χ0v) is 22.9. The lowest BCUT2D eigenvalue weighted by Crippen LogP contribution is -2.36. The van der Waals surface area contributed by atoms with Crippen LogP contribution in [0.1, 0.15) is 52.1 Å². The number of benzene rings is 4. The molecule has 0 amide bonds. The summed E-state index contributed by atoms with van der Waals surface area (Å²) in [5, 5.41) is 9.35. The molecular weight excluding hydrogens is 505 g/mol. The second kappa shape index (κ2) is 11.6. The molecule has 0 bridgehead atoms. The number of aryl methyl sites for hydroxylation is 2. The predicted octanol–water partition coefficient (Wildman–Crippen LogP) is 9.10. The van der Waals surface area contributed by atoms with Crippen molar-refractivity contribution >= 4 is 5.69 Å². The molecule has 0 aromatic heterocycles. The Balaban J connectivity index is 1.46. The largest absolute Gasteiger partial charge is 0.417 e. The Kier molecular flexibility index (Phi) is 7.98. The van der Waals surface area contributed by atoms with Crippen LogP contribution in [0.2, 0.25) is 0 Å². The highest BCUT2D eigenvalue weighted by atomic mass is 19.4. The Morgan fingerprint density at radius 3 is 2.15 bits per heavy atom. The lowest BCUT2D eigenvalue weighted by atomic mass is 9.76. The molecule has 204 valence electrons. The minimum Gasteiger partial charge on any atom is -0.372 e. The van der Waals surface area contributed by atoms with Crippen LogP contribution in [-0.2, 0) is 12.6 Å². The molecule has 1 unspecified atom stereocenters. The maximum absolute atomic E-state index is 13.9. The maximum Gasteiger partial charge on any atom is 0.417 e. The van der Waals surface area contributed by atoms with Crippen LogP contribution in [0.5, 0.6) is 0 Å². The van der Waals surface area contributed by atoms with Gasteiger partial charge in [-0.25, -0.2) is 0 Å². The SMILES string of the molecule is Cc1ccc(N2CCC(C(Cc3cccc(-c4cccc(C)c4)c3)c3ccc(C#N)c(C(F)(F)F)c3)CC2)cc1. The van der Waals surface area contributed by atoms with Gasteiger partial charge in [0.05, 0.1) is 17.2 Å². The molecule has 4 aromatic rings. The average Bonchev–Trinajstić information content (AvgIpc) is 2.96. The molecule has 2 nitrogen and oxygen atoms in total. The lowest BCUT2D eigenvalue weighted by molar-refractivity contribution is -0.137. The Labute approximate surface area is 234 Å². The van der Waals surface area contributed by atoms with Gasteiger partial charge in [0, 0.05) is 18.8 Å².